The molecule has 0 fully saturated rings. The van der Waals surface area contributed by atoms with Gasteiger partial charge in [0.25, 0.3) is 5.91 Å². The Hall–Kier alpha value is -3.36. The van der Waals surface area contributed by atoms with E-state index >= 15 is 0 Å². The maximum atomic E-state index is 12.5. The van der Waals surface area contributed by atoms with Gasteiger partial charge in [0.15, 0.2) is 0 Å². The second kappa shape index (κ2) is 7.34. The second-order valence-corrected chi connectivity index (χ2v) is 7.92. The number of fused-ring (bicyclic) bond motifs is 1. The van der Waals surface area contributed by atoms with E-state index < -0.39 is 10.0 Å². The van der Waals surface area contributed by atoms with Gasteiger partial charge in [-0.2, -0.15) is 0 Å². The Morgan fingerprint density at radius 3 is 2.64 bits per heavy atom. The third-order valence-corrected chi connectivity index (χ3v) is 5.59. The summed E-state index contributed by atoms with van der Waals surface area (Å²) < 4.78 is 32.6. The van der Waals surface area contributed by atoms with Crippen molar-refractivity contribution in [3.63, 3.8) is 0 Å². The number of sulfonamides is 1. The van der Waals surface area contributed by atoms with Crippen molar-refractivity contribution in [3.05, 3.63) is 84.4 Å². The van der Waals surface area contributed by atoms with Crippen LogP contribution >= 0.6 is 0 Å². The van der Waals surface area contributed by atoms with Gasteiger partial charge in [-0.05, 0) is 42.5 Å². The number of carbonyl (C=O) groups excluding carboxylic acids is 1. The van der Waals surface area contributed by atoms with Gasteiger partial charge in [-0.25, -0.2) is 13.1 Å². The number of hydrogen-bond donors (Lipinski definition) is 3. The lowest BCUT2D eigenvalue weighted by Gasteiger charge is -2.08. The average molecular weight is 395 g/mol. The SMILES string of the molecule is O=C(Nc1cccc(S(=O)(=O)NCc2ccco2)c1)c1cc2ccccc2[nH]1. The molecule has 0 saturated heterocycles. The number of rotatable bonds is 6. The molecule has 0 bridgehead atoms. The Morgan fingerprint density at radius 1 is 1.00 bits per heavy atom. The van der Waals surface area contributed by atoms with Gasteiger partial charge in [-0.3, -0.25) is 4.79 Å². The molecule has 28 heavy (non-hydrogen) atoms. The number of amides is 1. The largest absolute Gasteiger partial charge is 0.468 e. The quantitative estimate of drug-likeness (QED) is 0.465. The zero-order valence-corrected chi connectivity index (χ0v) is 15.5. The first-order valence-corrected chi connectivity index (χ1v) is 10.0. The summed E-state index contributed by atoms with van der Waals surface area (Å²) in [6.45, 7) is 0.0426. The van der Waals surface area contributed by atoms with E-state index in [0.29, 0.717) is 17.1 Å². The molecule has 4 aromatic rings. The lowest BCUT2D eigenvalue weighted by atomic mass is 10.2. The van der Waals surface area contributed by atoms with Gasteiger partial charge in [-0.1, -0.05) is 24.3 Å². The number of aromatic nitrogens is 1. The minimum absolute atomic E-state index is 0.0426. The van der Waals surface area contributed by atoms with Crippen LogP contribution in [0, 0.1) is 0 Å². The minimum Gasteiger partial charge on any atom is -0.468 e. The van der Waals surface area contributed by atoms with E-state index in [4.69, 9.17) is 4.42 Å². The summed E-state index contributed by atoms with van der Waals surface area (Å²) in [7, 11) is -3.75. The Balaban J connectivity index is 1.50. The van der Waals surface area contributed by atoms with E-state index in [9.17, 15) is 13.2 Å². The molecule has 0 aliphatic carbocycles. The summed E-state index contributed by atoms with van der Waals surface area (Å²) in [5.74, 6) is 0.154. The van der Waals surface area contributed by atoms with Crippen molar-refractivity contribution in [3.8, 4) is 0 Å². The molecule has 0 aliphatic rings. The molecule has 4 rings (SSSR count). The smallest absolute Gasteiger partial charge is 0.272 e. The van der Waals surface area contributed by atoms with Gasteiger partial charge >= 0.3 is 0 Å². The standard InChI is InChI=1S/C20H17N3O4S/c24-20(19-11-14-5-1-2-9-18(14)23-19)22-15-6-3-8-17(12-15)28(25,26)21-13-16-7-4-10-27-16/h1-12,21,23H,13H2,(H,22,24). The molecule has 142 valence electrons. The van der Waals surface area contributed by atoms with Crippen molar-refractivity contribution in [1.82, 2.24) is 9.71 Å². The minimum atomic E-state index is -3.75. The van der Waals surface area contributed by atoms with E-state index in [2.05, 4.69) is 15.0 Å². The van der Waals surface area contributed by atoms with Gasteiger partial charge in [0.2, 0.25) is 10.0 Å². The van der Waals surface area contributed by atoms with E-state index in [1.54, 1.807) is 30.3 Å². The fourth-order valence-electron chi connectivity index (χ4n) is 2.80. The fourth-order valence-corrected chi connectivity index (χ4v) is 3.84. The molecule has 0 spiro atoms. The van der Waals surface area contributed by atoms with Crippen LogP contribution in [0.15, 0.2) is 82.3 Å². The molecule has 0 saturated carbocycles. The highest BCUT2D eigenvalue weighted by Gasteiger charge is 2.16. The Labute approximate surface area is 161 Å². The lowest BCUT2D eigenvalue weighted by Crippen LogP contribution is -2.23. The summed E-state index contributed by atoms with van der Waals surface area (Å²) in [6, 6.07) is 18.7. The Kier molecular flexibility index (Phi) is 4.72. The van der Waals surface area contributed by atoms with E-state index in [1.807, 2.05) is 24.3 Å². The maximum Gasteiger partial charge on any atom is 0.272 e. The topological polar surface area (TPSA) is 104 Å². The fraction of sp³-hybridized carbons (Fsp3) is 0.0500. The second-order valence-electron chi connectivity index (χ2n) is 6.16. The van der Waals surface area contributed by atoms with Gasteiger partial charge in [0, 0.05) is 16.6 Å². The Morgan fingerprint density at radius 2 is 1.86 bits per heavy atom. The van der Waals surface area contributed by atoms with Crippen LogP contribution in [0.1, 0.15) is 16.2 Å². The summed E-state index contributed by atoms with van der Waals surface area (Å²) in [6.07, 6.45) is 1.48. The lowest BCUT2D eigenvalue weighted by molar-refractivity contribution is 0.102. The van der Waals surface area contributed by atoms with Gasteiger partial charge in [0.05, 0.1) is 17.7 Å². The molecular formula is C20H17N3O4S. The molecule has 0 unspecified atom stereocenters. The Bertz CT molecular complexity index is 1190. The monoisotopic (exact) mass is 395 g/mol. The molecule has 0 atom stereocenters. The van der Waals surface area contributed by atoms with E-state index in [1.165, 1.54) is 18.4 Å². The number of hydrogen-bond acceptors (Lipinski definition) is 4. The van der Waals surface area contributed by atoms with Crippen molar-refractivity contribution in [1.29, 1.82) is 0 Å². The number of nitrogens with one attached hydrogen (secondary N) is 3. The zero-order chi connectivity index (χ0) is 19.6. The maximum absolute atomic E-state index is 12.5. The number of anilines is 1. The molecule has 8 heteroatoms. The van der Waals surface area contributed by atoms with E-state index in [0.717, 1.165) is 10.9 Å². The predicted octanol–water partition coefficient (Wildman–Crippen LogP) is 3.49. The van der Waals surface area contributed by atoms with Gasteiger partial charge < -0.3 is 14.7 Å². The first-order chi connectivity index (χ1) is 13.5. The van der Waals surface area contributed by atoms with Crippen molar-refractivity contribution in [2.45, 2.75) is 11.4 Å². The van der Waals surface area contributed by atoms with Crippen LogP contribution in [0.4, 0.5) is 5.69 Å². The molecule has 2 heterocycles. The summed E-state index contributed by atoms with van der Waals surface area (Å²) >= 11 is 0. The van der Waals surface area contributed by atoms with Crippen LogP contribution in [-0.2, 0) is 16.6 Å². The highest BCUT2D eigenvalue weighted by molar-refractivity contribution is 7.89. The number of para-hydroxylation sites is 1. The van der Waals surface area contributed by atoms with Crippen LogP contribution in [-0.4, -0.2) is 19.3 Å². The average Bonchev–Trinajstić information content (AvgIpc) is 3.36. The van der Waals surface area contributed by atoms with Crippen LogP contribution in [0.3, 0.4) is 0 Å². The normalized spacial score (nSPS) is 11.6. The summed E-state index contributed by atoms with van der Waals surface area (Å²) in [5, 5.41) is 3.64. The van der Waals surface area contributed by atoms with Gasteiger partial charge in [-0.15, -0.1) is 0 Å². The first-order valence-electron chi connectivity index (χ1n) is 8.52. The third-order valence-electron chi connectivity index (χ3n) is 4.19. The van der Waals surface area contributed by atoms with E-state index in [-0.39, 0.29) is 17.3 Å². The third kappa shape index (κ3) is 3.83. The number of aromatic amines is 1. The van der Waals surface area contributed by atoms with Crippen LogP contribution in [0.5, 0.6) is 0 Å². The number of benzene rings is 2. The summed E-state index contributed by atoms with van der Waals surface area (Å²) in [5.41, 5.74) is 1.63. The molecule has 1 amide bonds. The number of furan rings is 1. The van der Waals surface area contributed by atoms with Crippen LogP contribution in [0.2, 0.25) is 0 Å². The molecule has 2 aromatic carbocycles. The van der Waals surface area contributed by atoms with Crippen molar-refractivity contribution < 1.29 is 17.6 Å². The number of carbonyl (C=O) groups is 1. The zero-order valence-electron chi connectivity index (χ0n) is 14.7. The number of H-pyrrole nitrogens is 1. The van der Waals surface area contributed by atoms with Crippen LogP contribution in [0.25, 0.3) is 10.9 Å². The molecule has 7 nitrogen and oxygen atoms in total. The van der Waals surface area contributed by atoms with Crippen LogP contribution < -0.4 is 10.0 Å². The molecule has 2 aromatic heterocycles. The highest BCUT2D eigenvalue weighted by atomic mass is 32.2. The van der Waals surface area contributed by atoms with Gasteiger partial charge in [0.1, 0.15) is 11.5 Å². The molecule has 3 N–H and O–H groups in total. The summed E-state index contributed by atoms with van der Waals surface area (Å²) in [4.78, 5) is 15.6. The molecule has 0 aliphatic heterocycles. The molecule has 0 radical (unpaired) electrons. The van der Waals surface area contributed by atoms with Crippen molar-refractivity contribution in [2.24, 2.45) is 0 Å². The predicted molar refractivity (Wildman–Crippen MR) is 105 cm³/mol. The van der Waals surface area contributed by atoms with Crippen molar-refractivity contribution in [2.75, 3.05) is 5.32 Å². The van der Waals surface area contributed by atoms with Crippen molar-refractivity contribution >= 4 is 32.5 Å². The highest BCUT2D eigenvalue weighted by Crippen LogP contribution is 2.19. The first kappa shape index (κ1) is 18.0. The molecular weight excluding hydrogens is 378 g/mol.